The number of aliphatic hydroxyl groups excluding tert-OH is 2. The van der Waals surface area contributed by atoms with E-state index in [2.05, 4.69) is 10.3 Å². The molecule has 0 unspecified atom stereocenters. The van der Waals surface area contributed by atoms with E-state index in [1.165, 1.54) is 4.90 Å². The fraction of sp³-hybridized carbons (Fsp3) is 0.263. The molecule has 0 amide bonds. The van der Waals surface area contributed by atoms with Crippen LogP contribution in [0.3, 0.4) is 0 Å². The van der Waals surface area contributed by atoms with E-state index in [1.54, 1.807) is 38.1 Å². The van der Waals surface area contributed by atoms with Crippen molar-refractivity contribution in [2.24, 2.45) is 5.16 Å². The minimum absolute atomic E-state index is 0.0570. The number of aliphatic hydroxyl groups is 2. The Bertz CT molecular complexity index is 1020. The van der Waals surface area contributed by atoms with E-state index in [0.717, 1.165) is 0 Å². The van der Waals surface area contributed by atoms with Gasteiger partial charge >= 0.3 is 5.97 Å². The molecule has 2 aromatic rings. The first-order valence-electron chi connectivity index (χ1n) is 8.62. The van der Waals surface area contributed by atoms with Crippen LogP contribution in [0.15, 0.2) is 39.5 Å². The maximum atomic E-state index is 12.9. The van der Waals surface area contributed by atoms with Gasteiger partial charge in [-0.3, -0.25) is 9.69 Å². The zero-order chi connectivity index (χ0) is 21.1. The molecule has 10 heteroatoms. The number of hydrogen-bond donors (Lipinski definition) is 3. The first-order valence-corrected chi connectivity index (χ1v) is 8.62. The van der Waals surface area contributed by atoms with E-state index in [1.807, 2.05) is 0 Å². The maximum absolute atomic E-state index is 12.9. The second kappa shape index (κ2) is 8.25. The monoisotopic (exact) mass is 401 g/mol. The number of ketones is 1. The van der Waals surface area contributed by atoms with Crippen molar-refractivity contribution in [1.29, 1.82) is 0 Å². The van der Waals surface area contributed by atoms with E-state index >= 15 is 0 Å². The van der Waals surface area contributed by atoms with Crippen molar-refractivity contribution in [3.63, 3.8) is 0 Å². The van der Waals surface area contributed by atoms with Crippen molar-refractivity contribution in [3.05, 3.63) is 52.2 Å². The molecule has 29 heavy (non-hydrogen) atoms. The SMILES string of the molecule is Cc1noc(N(CO)C2=C(CO)/C(=N\OCC(=O)O)C(=O)c3ccccc32)c1C. The number of carbonyl (C=O) groups excluding carboxylic acids is 1. The summed E-state index contributed by atoms with van der Waals surface area (Å²) in [5.41, 5.74) is 2.06. The number of benzene rings is 1. The molecule has 1 aliphatic carbocycles. The number of carbonyl (C=O) groups is 2. The number of aryl methyl sites for hydroxylation is 1. The molecule has 0 saturated heterocycles. The lowest BCUT2D eigenvalue weighted by atomic mass is 9.86. The predicted octanol–water partition coefficient (Wildman–Crippen LogP) is 1.10. The summed E-state index contributed by atoms with van der Waals surface area (Å²) >= 11 is 0. The van der Waals surface area contributed by atoms with Crippen LogP contribution in [0.25, 0.3) is 5.70 Å². The van der Waals surface area contributed by atoms with E-state index in [0.29, 0.717) is 16.8 Å². The second-order valence-corrected chi connectivity index (χ2v) is 6.23. The fourth-order valence-electron chi connectivity index (χ4n) is 3.03. The lowest BCUT2D eigenvalue weighted by Crippen LogP contribution is -2.34. The minimum atomic E-state index is -1.27. The maximum Gasteiger partial charge on any atom is 0.344 e. The summed E-state index contributed by atoms with van der Waals surface area (Å²) < 4.78 is 5.35. The first kappa shape index (κ1) is 20.2. The molecule has 3 rings (SSSR count). The number of anilines is 1. The molecule has 10 nitrogen and oxygen atoms in total. The average molecular weight is 401 g/mol. The Morgan fingerprint density at radius 1 is 1.24 bits per heavy atom. The summed E-state index contributed by atoms with van der Waals surface area (Å²) in [4.78, 5) is 29.7. The minimum Gasteiger partial charge on any atom is -0.479 e. The van der Waals surface area contributed by atoms with Crippen LogP contribution < -0.4 is 4.90 Å². The Morgan fingerprint density at radius 3 is 2.48 bits per heavy atom. The third-order valence-electron chi connectivity index (χ3n) is 4.50. The van der Waals surface area contributed by atoms with Crippen LogP contribution in [0.4, 0.5) is 5.88 Å². The molecule has 0 atom stereocenters. The highest BCUT2D eigenvalue weighted by Crippen LogP contribution is 2.37. The molecule has 1 aromatic carbocycles. The summed E-state index contributed by atoms with van der Waals surface area (Å²) in [5.74, 6) is -1.57. The summed E-state index contributed by atoms with van der Waals surface area (Å²) in [6.07, 6.45) is 0. The number of nitrogens with zero attached hydrogens (tertiary/aromatic N) is 3. The van der Waals surface area contributed by atoms with Crippen molar-refractivity contribution in [3.8, 4) is 0 Å². The van der Waals surface area contributed by atoms with Crippen LogP contribution >= 0.6 is 0 Å². The number of oxime groups is 1. The molecule has 0 saturated carbocycles. The van der Waals surface area contributed by atoms with Gasteiger partial charge in [-0.05, 0) is 13.8 Å². The largest absolute Gasteiger partial charge is 0.479 e. The number of rotatable bonds is 7. The molecule has 3 N–H and O–H groups in total. The van der Waals surface area contributed by atoms with Crippen molar-refractivity contribution < 1.29 is 34.3 Å². The Hall–Kier alpha value is -3.50. The summed E-state index contributed by atoms with van der Waals surface area (Å²) in [7, 11) is 0. The lowest BCUT2D eigenvalue weighted by molar-refractivity contribution is -0.142. The average Bonchev–Trinajstić information content (AvgIpc) is 3.04. The molecule has 0 spiro atoms. The third kappa shape index (κ3) is 3.62. The van der Waals surface area contributed by atoms with E-state index < -0.39 is 31.7 Å². The smallest absolute Gasteiger partial charge is 0.344 e. The normalized spacial score (nSPS) is 14.9. The lowest BCUT2D eigenvalue weighted by Gasteiger charge is -2.30. The molecule has 152 valence electrons. The van der Waals surface area contributed by atoms with Crippen molar-refractivity contribution >= 4 is 29.0 Å². The van der Waals surface area contributed by atoms with Gasteiger partial charge in [0.2, 0.25) is 18.3 Å². The van der Waals surface area contributed by atoms with Crippen LogP contribution in [0.5, 0.6) is 0 Å². The molecule has 1 heterocycles. The highest BCUT2D eigenvalue weighted by atomic mass is 16.6. The van der Waals surface area contributed by atoms with Gasteiger partial charge in [0.1, 0.15) is 6.73 Å². The van der Waals surface area contributed by atoms with Gasteiger partial charge in [-0.1, -0.05) is 34.6 Å². The molecule has 1 aromatic heterocycles. The second-order valence-electron chi connectivity index (χ2n) is 6.23. The number of carboxylic acids is 1. The van der Waals surface area contributed by atoms with Crippen LogP contribution in [-0.2, 0) is 9.63 Å². The van der Waals surface area contributed by atoms with Crippen molar-refractivity contribution in [2.75, 3.05) is 24.8 Å². The zero-order valence-corrected chi connectivity index (χ0v) is 15.7. The molecule has 0 bridgehead atoms. The van der Waals surface area contributed by atoms with Gasteiger partial charge in [0, 0.05) is 22.3 Å². The third-order valence-corrected chi connectivity index (χ3v) is 4.50. The van der Waals surface area contributed by atoms with E-state index in [9.17, 15) is 19.8 Å². The Balaban J connectivity index is 2.24. The number of aliphatic carboxylic acids is 1. The van der Waals surface area contributed by atoms with Crippen molar-refractivity contribution in [2.45, 2.75) is 13.8 Å². The van der Waals surface area contributed by atoms with Crippen LogP contribution in [0.1, 0.15) is 27.2 Å². The number of Topliss-reactive ketones (excluding diaryl/α,β-unsaturated/α-hetero) is 1. The van der Waals surface area contributed by atoms with Gasteiger partial charge in [0.05, 0.1) is 18.0 Å². The summed E-state index contributed by atoms with van der Waals surface area (Å²) in [6.45, 7) is 1.59. The predicted molar refractivity (Wildman–Crippen MR) is 101 cm³/mol. The van der Waals surface area contributed by atoms with Crippen molar-refractivity contribution in [1.82, 2.24) is 5.16 Å². The van der Waals surface area contributed by atoms with Crippen LogP contribution in [0.2, 0.25) is 0 Å². The van der Waals surface area contributed by atoms with E-state index in [-0.39, 0.29) is 28.4 Å². The Morgan fingerprint density at radius 2 is 1.93 bits per heavy atom. The first-order chi connectivity index (χ1) is 13.9. The number of hydrogen-bond acceptors (Lipinski definition) is 9. The fourth-order valence-corrected chi connectivity index (χ4v) is 3.03. The molecular weight excluding hydrogens is 382 g/mol. The molecule has 0 aliphatic heterocycles. The Labute approximate surface area is 165 Å². The molecule has 0 radical (unpaired) electrons. The van der Waals surface area contributed by atoms with E-state index in [4.69, 9.17) is 14.5 Å². The van der Waals surface area contributed by atoms with Crippen LogP contribution in [-0.4, -0.2) is 57.9 Å². The van der Waals surface area contributed by atoms with Gasteiger partial charge < -0.3 is 24.7 Å². The van der Waals surface area contributed by atoms with Gasteiger partial charge in [-0.2, -0.15) is 0 Å². The molecular formula is C19H19N3O7. The van der Waals surface area contributed by atoms with Gasteiger partial charge in [0.15, 0.2) is 5.71 Å². The van der Waals surface area contributed by atoms with Gasteiger partial charge in [-0.15, -0.1) is 0 Å². The van der Waals surface area contributed by atoms with Crippen LogP contribution in [0, 0.1) is 13.8 Å². The topological polar surface area (TPSA) is 146 Å². The standard InChI is InChI=1S/C19H19N3O7/c1-10-11(2)20-29-19(10)22(9-24)17-12-5-3-4-6-13(12)18(27)16(14(17)7-23)21-28-8-15(25)26/h3-6,23-24H,7-9H2,1-2H3,(H,25,26)/b21-16+. The van der Waals surface area contributed by atoms with Gasteiger partial charge in [-0.25, -0.2) is 4.79 Å². The highest BCUT2D eigenvalue weighted by molar-refractivity contribution is 6.54. The molecule has 1 aliphatic rings. The van der Waals surface area contributed by atoms with Gasteiger partial charge in [0.25, 0.3) is 0 Å². The summed E-state index contributed by atoms with van der Waals surface area (Å²) in [6, 6.07) is 6.58. The number of carboxylic acid groups (broad SMARTS) is 1. The molecule has 0 fully saturated rings. The highest BCUT2D eigenvalue weighted by Gasteiger charge is 2.35. The number of fused-ring (bicyclic) bond motifs is 1. The quantitative estimate of drug-likeness (QED) is 0.458. The summed E-state index contributed by atoms with van der Waals surface area (Å²) in [5, 5.41) is 36.4. The number of aromatic nitrogens is 1. The zero-order valence-electron chi connectivity index (χ0n) is 15.7. The Kier molecular flexibility index (Phi) is 5.76.